The third-order valence-electron chi connectivity index (χ3n) is 5.25. The molecule has 0 aliphatic carbocycles. The Hall–Kier alpha value is -3.03. The van der Waals surface area contributed by atoms with Crippen molar-refractivity contribution in [3.63, 3.8) is 0 Å². The van der Waals surface area contributed by atoms with Crippen molar-refractivity contribution in [1.82, 2.24) is 18.7 Å². The largest absolute Gasteiger partial charge is 0.454 e. The third kappa shape index (κ3) is 3.54. The first-order valence-corrected chi connectivity index (χ1v) is 10.2. The average Bonchev–Trinajstić information content (AvgIpc) is 3.36. The molecular weight excluding hydrogens is 372 g/mol. The van der Waals surface area contributed by atoms with Gasteiger partial charge in [-0.15, -0.1) is 0 Å². The Morgan fingerprint density at radius 1 is 1.00 bits per heavy atom. The maximum absolute atomic E-state index is 13.3. The van der Waals surface area contributed by atoms with E-state index in [4.69, 9.17) is 9.47 Å². The molecule has 3 aromatic rings. The Bertz CT molecular complexity index is 1140. The lowest BCUT2D eigenvalue weighted by atomic mass is 10.2. The number of benzene rings is 1. The zero-order valence-electron chi connectivity index (χ0n) is 16.9. The summed E-state index contributed by atoms with van der Waals surface area (Å²) in [7, 11) is 0. The second kappa shape index (κ2) is 8.14. The van der Waals surface area contributed by atoms with Gasteiger partial charge in [0.15, 0.2) is 22.7 Å². The Morgan fingerprint density at radius 3 is 2.55 bits per heavy atom. The SMILES string of the molecule is CCCCn1cnc2c1c(=O)n(Cc1ccc3c(c1)OCO3)c(=O)n2CCCC. The zero-order chi connectivity index (χ0) is 20.4. The first-order chi connectivity index (χ1) is 14.1. The summed E-state index contributed by atoms with van der Waals surface area (Å²) in [6.45, 7) is 5.79. The van der Waals surface area contributed by atoms with E-state index in [-0.39, 0.29) is 24.6 Å². The van der Waals surface area contributed by atoms with Crippen molar-refractivity contribution in [3.8, 4) is 11.5 Å². The Kier molecular flexibility index (Phi) is 5.42. The lowest BCUT2D eigenvalue weighted by Gasteiger charge is -2.13. The molecule has 0 amide bonds. The van der Waals surface area contributed by atoms with Crippen molar-refractivity contribution in [1.29, 1.82) is 0 Å². The molecule has 0 spiro atoms. The number of nitrogens with zero attached hydrogens (tertiary/aromatic N) is 4. The third-order valence-corrected chi connectivity index (χ3v) is 5.25. The zero-order valence-corrected chi connectivity index (χ0v) is 16.9. The van der Waals surface area contributed by atoms with E-state index in [0.717, 1.165) is 31.2 Å². The normalized spacial score (nSPS) is 12.8. The lowest BCUT2D eigenvalue weighted by molar-refractivity contribution is 0.174. The average molecular weight is 398 g/mol. The number of rotatable bonds is 8. The van der Waals surface area contributed by atoms with E-state index in [1.54, 1.807) is 10.9 Å². The van der Waals surface area contributed by atoms with Crippen molar-refractivity contribution in [2.24, 2.45) is 0 Å². The van der Waals surface area contributed by atoms with Crippen LogP contribution in [0.4, 0.5) is 0 Å². The van der Waals surface area contributed by atoms with Gasteiger partial charge in [0, 0.05) is 13.1 Å². The number of imidazole rings is 1. The fourth-order valence-electron chi connectivity index (χ4n) is 3.62. The van der Waals surface area contributed by atoms with E-state index < -0.39 is 0 Å². The van der Waals surface area contributed by atoms with Crippen molar-refractivity contribution < 1.29 is 9.47 Å². The fraction of sp³-hybridized carbons (Fsp3) is 0.476. The summed E-state index contributed by atoms with van der Waals surface area (Å²) >= 11 is 0. The van der Waals surface area contributed by atoms with Crippen LogP contribution in [0.15, 0.2) is 34.1 Å². The maximum Gasteiger partial charge on any atom is 0.333 e. The Balaban J connectivity index is 1.83. The van der Waals surface area contributed by atoms with Gasteiger partial charge in [0.2, 0.25) is 6.79 Å². The molecule has 1 aliphatic rings. The predicted octanol–water partition coefficient (Wildman–Crippen LogP) is 2.74. The number of hydrogen-bond donors (Lipinski definition) is 0. The van der Waals surface area contributed by atoms with Gasteiger partial charge >= 0.3 is 5.69 Å². The lowest BCUT2D eigenvalue weighted by Crippen LogP contribution is -2.41. The van der Waals surface area contributed by atoms with Crippen LogP contribution in [0.2, 0.25) is 0 Å². The van der Waals surface area contributed by atoms with Crippen LogP contribution in [0.5, 0.6) is 11.5 Å². The van der Waals surface area contributed by atoms with Gasteiger partial charge in [0.05, 0.1) is 12.9 Å². The topological polar surface area (TPSA) is 80.3 Å². The molecule has 0 saturated carbocycles. The van der Waals surface area contributed by atoms with Crippen molar-refractivity contribution >= 4 is 11.2 Å². The molecule has 0 saturated heterocycles. The molecular formula is C21H26N4O4. The van der Waals surface area contributed by atoms with E-state index >= 15 is 0 Å². The van der Waals surface area contributed by atoms with Crippen LogP contribution in [-0.4, -0.2) is 25.5 Å². The molecule has 1 aliphatic heterocycles. The van der Waals surface area contributed by atoms with Gasteiger partial charge in [0.1, 0.15) is 0 Å². The molecule has 0 radical (unpaired) electrons. The summed E-state index contributed by atoms with van der Waals surface area (Å²) in [5.74, 6) is 1.31. The van der Waals surface area contributed by atoms with Crippen LogP contribution in [-0.2, 0) is 19.6 Å². The number of ether oxygens (including phenoxy) is 2. The molecule has 0 fully saturated rings. The molecule has 0 N–H and O–H groups in total. The first-order valence-electron chi connectivity index (χ1n) is 10.2. The first kappa shape index (κ1) is 19.3. The van der Waals surface area contributed by atoms with Gasteiger partial charge in [-0.25, -0.2) is 9.78 Å². The van der Waals surface area contributed by atoms with Gasteiger partial charge < -0.3 is 14.0 Å². The summed E-state index contributed by atoms with van der Waals surface area (Å²) in [6.07, 6.45) is 5.43. The second-order valence-corrected chi connectivity index (χ2v) is 7.33. The molecule has 3 heterocycles. The standard InChI is InChI=1S/C21H26N4O4/c1-3-5-9-23-13-22-19-18(23)20(26)25(21(27)24(19)10-6-4-2)12-15-7-8-16-17(11-15)29-14-28-16/h7-8,11,13H,3-6,9-10,12,14H2,1-2H3. The van der Waals surface area contributed by atoms with E-state index in [1.165, 1.54) is 4.57 Å². The molecule has 1 aromatic carbocycles. The Morgan fingerprint density at radius 2 is 1.76 bits per heavy atom. The smallest absolute Gasteiger partial charge is 0.333 e. The van der Waals surface area contributed by atoms with Crippen LogP contribution in [0.25, 0.3) is 11.2 Å². The summed E-state index contributed by atoms with van der Waals surface area (Å²) < 4.78 is 15.6. The maximum atomic E-state index is 13.3. The molecule has 8 nitrogen and oxygen atoms in total. The van der Waals surface area contributed by atoms with Gasteiger partial charge in [-0.3, -0.25) is 13.9 Å². The highest BCUT2D eigenvalue weighted by Gasteiger charge is 2.19. The number of unbranched alkanes of at least 4 members (excludes halogenated alkanes) is 2. The van der Waals surface area contributed by atoms with Crippen LogP contribution >= 0.6 is 0 Å². The minimum Gasteiger partial charge on any atom is -0.454 e. The molecule has 0 atom stereocenters. The number of aromatic nitrogens is 4. The molecule has 4 rings (SSSR count). The fourth-order valence-corrected chi connectivity index (χ4v) is 3.62. The van der Waals surface area contributed by atoms with Crippen molar-refractivity contribution in [2.75, 3.05) is 6.79 Å². The second-order valence-electron chi connectivity index (χ2n) is 7.33. The van der Waals surface area contributed by atoms with Crippen LogP contribution in [0.1, 0.15) is 45.1 Å². The quantitative estimate of drug-likeness (QED) is 0.583. The van der Waals surface area contributed by atoms with Gasteiger partial charge in [-0.1, -0.05) is 32.8 Å². The van der Waals surface area contributed by atoms with Gasteiger partial charge in [0.25, 0.3) is 5.56 Å². The molecule has 29 heavy (non-hydrogen) atoms. The molecule has 0 unspecified atom stereocenters. The van der Waals surface area contributed by atoms with Crippen LogP contribution in [0.3, 0.4) is 0 Å². The minimum absolute atomic E-state index is 0.176. The van der Waals surface area contributed by atoms with Crippen molar-refractivity contribution in [2.45, 2.75) is 59.2 Å². The number of aryl methyl sites for hydroxylation is 2. The monoisotopic (exact) mass is 398 g/mol. The van der Waals surface area contributed by atoms with E-state index in [9.17, 15) is 9.59 Å². The summed E-state index contributed by atoms with van der Waals surface area (Å²) in [5, 5.41) is 0. The molecule has 154 valence electrons. The summed E-state index contributed by atoms with van der Waals surface area (Å²) in [6, 6.07) is 5.49. The highest BCUT2D eigenvalue weighted by Crippen LogP contribution is 2.32. The van der Waals surface area contributed by atoms with Crippen molar-refractivity contribution in [3.05, 3.63) is 50.9 Å². The van der Waals surface area contributed by atoms with Crippen LogP contribution < -0.4 is 20.7 Å². The highest BCUT2D eigenvalue weighted by molar-refractivity contribution is 5.70. The molecule has 8 heteroatoms. The molecule has 0 bridgehead atoms. The van der Waals surface area contributed by atoms with Gasteiger partial charge in [-0.05, 0) is 30.5 Å². The number of hydrogen-bond acceptors (Lipinski definition) is 5. The number of fused-ring (bicyclic) bond motifs is 2. The van der Waals surface area contributed by atoms with Crippen LogP contribution in [0, 0.1) is 0 Å². The van der Waals surface area contributed by atoms with E-state index in [2.05, 4.69) is 18.8 Å². The van der Waals surface area contributed by atoms with E-state index in [0.29, 0.717) is 35.8 Å². The summed E-state index contributed by atoms with van der Waals surface area (Å²) in [5.41, 5.74) is 1.16. The highest BCUT2D eigenvalue weighted by atomic mass is 16.7. The van der Waals surface area contributed by atoms with E-state index in [1.807, 2.05) is 22.8 Å². The molecule has 2 aromatic heterocycles. The minimum atomic E-state index is -0.325. The summed E-state index contributed by atoms with van der Waals surface area (Å²) in [4.78, 5) is 30.9. The Labute approximate surface area is 168 Å². The van der Waals surface area contributed by atoms with Gasteiger partial charge in [-0.2, -0.15) is 0 Å². The predicted molar refractivity (Wildman–Crippen MR) is 110 cm³/mol.